The van der Waals surface area contributed by atoms with Crippen molar-refractivity contribution in [2.75, 3.05) is 19.7 Å². The molecule has 3 aromatic rings. The van der Waals surface area contributed by atoms with E-state index in [1.54, 1.807) is 0 Å². The maximum Gasteiger partial charge on any atom is 0.254 e. The Morgan fingerprint density at radius 1 is 0.775 bits per heavy atom. The smallest absolute Gasteiger partial charge is 0.254 e. The maximum atomic E-state index is 13.9. The van der Waals surface area contributed by atoms with Gasteiger partial charge >= 0.3 is 0 Å². The monoisotopic (exact) mass is 536 g/mol. The summed E-state index contributed by atoms with van der Waals surface area (Å²) in [6.07, 6.45) is 12.6. The number of amides is 1. The van der Waals surface area contributed by atoms with Crippen LogP contribution in [0.25, 0.3) is 0 Å². The number of hydrogen-bond acceptors (Lipinski definition) is 3. The second kappa shape index (κ2) is 13.0. The molecule has 1 saturated heterocycles. The van der Waals surface area contributed by atoms with Crippen molar-refractivity contribution < 1.29 is 9.53 Å². The fraction of sp³-hybridized carbons (Fsp3) is 0.472. The van der Waals surface area contributed by atoms with Crippen molar-refractivity contribution in [3.8, 4) is 5.75 Å². The highest BCUT2D eigenvalue weighted by atomic mass is 16.5. The van der Waals surface area contributed by atoms with Gasteiger partial charge in [-0.3, -0.25) is 9.69 Å². The van der Waals surface area contributed by atoms with Gasteiger partial charge in [-0.2, -0.15) is 0 Å². The van der Waals surface area contributed by atoms with Crippen molar-refractivity contribution in [2.24, 2.45) is 0 Å². The van der Waals surface area contributed by atoms with Crippen molar-refractivity contribution in [3.05, 3.63) is 101 Å². The molecule has 1 atom stereocenters. The van der Waals surface area contributed by atoms with Crippen molar-refractivity contribution in [3.63, 3.8) is 0 Å². The van der Waals surface area contributed by atoms with E-state index in [9.17, 15) is 4.79 Å². The van der Waals surface area contributed by atoms with Gasteiger partial charge in [0.25, 0.3) is 5.91 Å². The van der Waals surface area contributed by atoms with Gasteiger partial charge in [-0.1, -0.05) is 61.0 Å². The summed E-state index contributed by atoms with van der Waals surface area (Å²) in [4.78, 5) is 18.8. The number of hydrogen-bond donors (Lipinski definition) is 0. The Morgan fingerprint density at radius 2 is 1.62 bits per heavy atom. The number of nitrogens with zero attached hydrogens (tertiary/aromatic N) is 2. The summed E-state index contributed by atoms with van der Waals surface area (Å²) in [6.45, 7) is 3.79. The average Bonchev–Trinajstić information content (AvgIpc) is 2.95. The lowest BCUT2D eigenvalue weighted by Crippen LogP contribution is -2.44. The zero-order chi connectivity index (χ0) is 27.1. The highest BCUT2D eigenvalue weighted by Crippen LogP contribution is 2.30. The Kier molecular flexibility index (Phi) is 8.83. The molecule has 2 heterocycles. The second-order valence-corrected chi connectivity index (χ2v) is 12.1. The molecule has 0 N–H and O–H groups in total. The molecule has 1 amide bonds. The van der Waals surface area contributed by atoms with Crippen molar-refractivity contribution in [1.82, 2.24) is 9.80 Å². The fourth-order valence-electron chi connectivity index (χ4n) is 6.73. The fourth-order valence-corrected chi connectivity index (χ4v) is 6.73. The molecule has 210 valence electrons. The molecule has 1 unspecified atom stereocenters. The highest BCUT2D eigenvalue weighted by Gasteiger charge is 2.28. The molecule has 0 aromatic heterocycles. The van der Waals surface area contributed by atoms with Crippen LogP contribution >= 0.6 is 0 Å². The van der Waals surface area contributed by atoms with Crippen LogP contribution in [0.15, 0.2) is 72.8 Å². The van der Waals surface area contributed by atoms with Crippen molar-refractivity contribution >= 4 is 5.91 Å². The number of likely N-dealkylation sites (tertiary alicyclic amines) is 1. The highest BCUT2D eigenvalue weighted by molar-refractivity contribution is 5.95. The lowest BCUT2D eigenvalue weighted by Gasteiger charge is -2.38. The molecular weight excluding hydrogens is 492 g/mol. The molecule has 2 bridgehead atoms. The minimum atomic E-state index is 0.160. The van der Waals surface area contributed by atoms with Crippen LogP contribution in [0.4, 0.5) is 0 Å². The summed E-state index contributed by atoms with van der Waals surface area (Å²) in [5.74, 6) is 1.09. The van der Waals surface area contributed by atoms with E-state index < -0.39 is 0 Å². The molecule has 1 saturated carbocycles. The van der Waals surface area contributed by atoms with Gasteiger partial charge in [0.05, 0.1) is 6.61 Å². The van der Waals surface area contributed by atoms with Crippen molar-refractivity contribution in [2.45, 2.75) is 89.3 Å². The molecular formula is C36H44N2O2. The summed E-state index contributed by atoms with van der Waals surface area (Å²) in [5.41, 5.74) is 5.90. The minimum absolute atomic E-state index is 0.160. The topological polar surface area (TPSA) is 32.8 Å². The predicted octanol–water partition coefficient (Wildman–Crippen LogP) is 7.43. The maximum absolute atomic E-state index is 13.9. The van der Waals surface area contributed by atoms with Crippen LogP contribution in [-0.2, 0) is 19.4 Å². The van der Waals surface area contributed by atoms with Gasteiger partial charge in [0.2, 0.25) is 0 Å². The molecule has 3 aromatic carbocycles. The number of carbonyl (C=O) groups excluding carboxylic acids is 1. The zero-order valence-corrected chi connectivity index (χ0v) is 23.9. The van der Waals surface area contributed by atoms with Gasteiger partial charge in [0.1, 0.15) is 5.75 Å². The van der Waals surface area contributed by atoms with Gasteiger partial charge in [0, 0.05) is 37.2 Å². The van der Waals surface area contributed by atoms with E-state index in [2.05, 4.69) is 70.5 Å². The van der Waals surface area contributed by atoms with E-state index in [1.165, 1.54) is 61.8 Å². The van der Waals surface area contributed by atoms with Crippen LogP contribution in [0.1, 0.15) is 90.4 Å². The summed E-state index contributed by atoms with van der Waals surface area (Å²) >= 11 is 0. The van der Waals surface area contributed by atoms with E-state index in [-0.39, 0.29) is 11.9 Å². The van der Waals surface area contributed by atoms with Gasteiger partial charge in [-0.25, -0.2) is 0 Å². The Labute approximate surface area is 240 Å². The first-order valence-electron chi connectivity index (χ1n) is 15.7. The third-order valence-electron chi connectivity index (χ3n) is 9.22. The Morgan fingerprint density at radius 3 is 2.48 bits per heavy atom. The van der Waals surface area contributed by atoms with Crippen LogP contribution in [0.3, 0.4) is 0 Å². The molecule has 40 heavy (non-hydrogen) atoms. The summed E-state index contributed by atoms with van der Waals surface area (Å²) in [6, 6.07) is 26.8. The summed E-state index contributed by atoms with van der Waals surface area (Å²) in [7, 11) is 0. The molecule has 0 spiro atoms. The minimum Gasteiger partial charge on any atom is -0.493 e. The number of piperidine rings is 1. The predicted molar refractivity (Wildman–Crippen MR) is 162 cm³/mol. The Bertz CT molecular complexity index is 1270. The lowest BCUT2D eigenvalue weighted by atomic mass is 9.90. The number of carbonyl (C=O) groups is 1. The molecule has 3 aliphatic rings. The molecule has 4 heteroatoms. The lowest BCUT2D eigenvalue weighted by molar-refractivity contribution is 0.0613. The quantitative estimate of drug-likeness (QED) is 0.348. The van der Waals surface area contributed by atoms with Crippen LogP contribution < -0.4 is 4.74 Å². The molecule has 2 aliphatic heterocycles. The number of fused-ring (bicyclic) bond motifs is 3. The zero-order valence-electron chi connectivity index (χ0n) is 23.9. The average molecular weight is 537 g/mol. The molecule has 2 fully saturated rings. The van der Waals surface area contributed by atoms with Gasteiger partial charge in [-0.15, -0.1) is 0 Å². The first-order chi connectivity index (χ1) is 19.7. The van der Waals surface area contributed by atoms with E-state index in [0.29, 0.717) is 0 Å². The van der Waals surface area contributed by atoms with Gasteiger partial charge in [0.15, 0.2) is 0 Å². The van der Waals surface area contributed by atoms with Crippen molar-refractivity contribution in [1.29, 1.82) is 0 Å². The normalized spacial score (nSPS) is 21.0. The van der Waals surface area contributed by atoms with Gasteiger partial charge in [-0.05, 0) is 105 Å². The summed E-state index contributed by atoms with van der Waals surface area (Å²) < 4.78 is 6.35. The van der Waals surface area contributed by atoms with Crippen LogP contribution in [0.2, 0.25) is 0 Å². The molecule has 6 rings (SSSR count). The first-order valence-corrected chi connectivity index (χ1v) is 15.7. The van der Waals surface area contributed by atoms with E-state index in [1.807, 2.05) is 12.1 Å². The SMILES string of the molecule is O=C(c1ccc2c(c1)Cc1cccc(c1)CN(C1CCC1)CCCCCO2)N1CCCCC1Cc1ccccc1. The Hall–Kier alpha value is -3.11. The van der Waals surface area contributed by atoms with Crippen LogP contribution in [-0.4, -0.2) is 47.5 Å². The van der Waals surface area contributed by atoms with Crippen LogP contribution in [0.5, 0.6) is 5.75 Å². The van der Waals surface area contributed by atoms with E-state index in [4.69, 9.17) is 4.74 Å². The second-order valence-electron chi connectivity index (χ2n) is 12.1. The third-order valence-corrected chi connectivity index (χ3v) is 9.22. The molecule has 4 nitrogen and oxygen atoms in total. The molecule has 1 aliphatic carbocycles. The standard InChI is InChI=1S/C36H44N2O2/c39-36(38-21-7-5-15-34(38)25-28-11-3-1-4-12-28)31-18-19-35-32(26-31)24-29-13-9-14-30(23-29)27-37(33-16-10-17-33)20-6-2-8-22-40-35/h1,3-4,9,11-14,18-19,23,26,33-34H,2,5-8,10,15-17,20-22,24-25,27H2. The van der Waals surface area contributed by atoms with Crippen LogP contribution in [0, 0.1) is 0 Å². The number of benzene rings is 3. The Balaban J connectivity index is 1.24. The first kappa shape index (κ1) is 27.1. The largest absolute Gasteiger partial charge is 0.493 e. The van der Waals surface area contributed by atoms with E-state index >= 15 is 0 Å². The third kappa shape index (κ3) is 6.61. The van der Waals surface area contributed by atoms with E-state index in [0.717, 1.165) is 74.7 Å². The summed E-state index contributed by atoms with van der Waals surface area (Å²) in [5, 5.41) is 0. The number of rotatable bonds is 4. The number of ether oxygens (including phenoxy) is 1. The van der Waals surface area contributed by atoms with Gasteiger partial charge < -0.3 is 9.64 Å². The molecule has 0 radical (unpaired) electrons.